The molecule has 0 amide bonds. The topological polar surface area (TPSA) is 124 Å². The molecule has 1 aromatic heterocycles. The van der Waals surface area contributed by atoms with E-state index in [0.29, 0.717) is 17.7 Å². The van der Waals surface area contributed by atoms with E-state index < -0.39 is 26.0 Å². The number of nitrogens with zero attached hydrogens (tertiary/aromatic N) is 1. The third kappa shape index (κ3) is 3.03. The number of rotatable bonds is 4. The average Bonchev–Trinajstić information content (AvgIpc) is 3.19. The molecule has 0 radical (unpaired) electrons. The van der Waals surface area contributed by atoms with Crippen molar-refractivity contribution in [2.45, 2.75) is 16.2 Å². The fraction of sp³-hybridized carbons (Fsp3) is 0.214. The van der Waals surface area contributed by atoms with E-state index in [0.717, 1.165) is 15.6 Å². The highest BCUT2D eigenvalue weighted by Gasteiger charge is 2.35. The van der Waals surface area contributed by atoms with Crippen molar-refractivity contribution in [1.29, 1.82) is 0 Å². The van der Waals surface area contributed by atoms with Crippen LogP contribution >= 0.6 is 11.3 Å². The van der Waals surface area contributed by atoms with E-state index in [2.05, 4.69) is 4.74 Å². The Morgan fingerprint density at radius 3 is 2.60 bits per heavy atom. The molecule has 0 bridgehead atoms. The van der Waals surface area contributed by atoms with Crippen LogP contribution in [0.1, 0.15) is 15.2 Å². The maximum atomic E-state index is 13.0. The smallest absolute Gasteiger partial charge is 0.349 e. The van der Waals surface area contributed by atoms with Crippen molar-refractivity contribution in [3.05, 3.63) is 40.1 Å². The van der Waals surface area contributed by atoms with Gasteiger partial charge in [0.2, 0.25) is 10.0 Å². The number of hydrogen-bond donors (Lipinski definition) is 1. The molecule has 8 nitrogen and oxygen atoms in total. The molecule has 11 heteroatoms. The van der Waals surface area contributed by atoms with Crippen LogP contribution in [0.4, 0.5) is 5.69 Å². The second-order valence-electron chi connectivity index (χ2n) is 5.27. The molecule has 0 fully saturated rings. The Morgan fingerprint density at radius 1 is 1.24 bits per heavy atom. The molecule has 2 N–H and O–H groups in total. The van der Waals surface area contributed by atoms with Crippen molar-refractivity contribution >= 4 is 43.0 Å². The maximum absolute atomic E-state index is 13.0. The third-order valence-electron chi connectivity index (χ3n) is 3.80. The number of nitrogens with two attached hydrogens (primary N) is 1. The number of hydrogen-bond acceptors (Lipinski definition) is 7. The van der Waals surface area contributed by atoms with Gasteiger partial charge >= 0.3 is 5.97 Å². The Hall–Kier alpha value is -1.95. The highest BCUT2D eigenvalue weighted by Crippen LogP contribution is 2.36. The number of carbonyl (C=O) groups excluding carboxylic acids is 1. The second kappa shape index (κ2) is 6.09. The van der Waals surface area contributed by atoms with Crippen LogP contribution in [0.3, 0.4) is 0 Å². The van der Waals surface area contributed by atoms with Gasteiger partial charge in [0, 0.05) is 6.54 Å². The van der Waals surface area contributed by atoms with Gasteiger partial charge in [0.1, 0.15) is 9.77 Å². The highest BCUT2D eigenvalue weighted by atomic mass is 32.2. The number of esters is 1. The number of primary sulfonamides is 1. The fourth-order valence-electron chi connectivity index (χ4n) is 2.64. The molecular formula is C14H14N2O6S3. The zero-order valence-corrected chi connectivity index (χ0v) is 15.4. The monoisotopic (exact) mass is 402 g/mol. The number of fused-ring (bicyclic) bond motifs is 1. The van der Waals surface area contributed by atoms with Crippen LogP contribution in [-0.2, 0) is 31.2 Å². The summed E-state index contributed by atoms with van der Waals surface area (Å²) in [4.78, 5) is 11.6. The summed E-state index contributed by atoms with van der Waals surface area (Å²) in [5.41, 5.74) is 0.930. The van der Waals surface area contributed by atoms with Gasteiger partial charge in [0.25, 0.3) is 10.0 Å². The lowest BCUT2D eigenvalue weighted by Gasteiger charge is -2.19. The Labute approximate surface area is 148 Å². The molecule has 1 aliphatic heterocycles. The van der Waals surface area contributed by atoms with Crippen molar-refractivity contribution in [2.24, 2.45) is 5.14 Å². The van der Waals surface area contributed by atoms with Crippen molar-refractivity contribution in [3.63, 3.8) is 0 Å². The first kappa shape index (κ1) is 17.9. The van der Waals surface area contributed by atoms with Crippen LogP contribution in [0.5, 0.6) is 0 Å². The molecule has 0 saturated carbocycles. The first-order valence-corrected chi connectivity index (χ1v) is 10.9. The Morgan fingerprint density at radius 2 is 1.96 bits per heavy atom. The summed E-state index contributed by atoms with van der Waals surface area (Å²) in [5.74, 6) is -0.724. The molecule has 2 heterocycles. The zero-order chi connectivity index (χ0) is 18.4. The standard InChI is InChI=1S/C14H14N2O6S3/c1-22-14(17)13-12(5-7-23-13)25(20,21)16-6-4-9-8-10(24(15,18)19)2-3-11(9)16/h2-3,5,7-8H,4,6H2,1H3,(H2,15,18,19). The normalized spacial score (nSPS) is 14.4. The van der Waals surface area contributed by atoms with Crippen LogP contribution in [0, 0.1) is 0 Å². The Kier molecular flexibility index (Phi) is 4.35. The van der Waals surface area contributed by atoms with Gasteiger partial charge in [-0.1, -0.05) is 0 Å². The van der Waals surface area contributed by atoms with E-state index in [4.69, 9.17) is 5.14 Å². The Bertz CT molecular complexity index is 1060. The van der Waals surface area contributed by atoms with Crippen LogP contribution < -0.4 is 9.44 Å². The molecule has 1 aliphatic rings. The minimum absolute atomic E-state index is 0.00268. The van der Waals surface area contributed by atoms with Gasteiger partial charge in [0.15, 0.2) is 0 Å². The average molecular weight is 402 g/mol. The van der Waals surface area contributed by atoms with Gasteiger partial charge in [-0.25, -0.2) is 26.8 Å². The van der Waals surface area contributed by atoms with Gasteiger partial charge in [-0.2, -0.15) is 0 Å². The van der Waals surface area contributed by atoms with E-state index in [-0.39, 0.29) is 21.2 Å². The molecule has 134 valence electrons. The predicted molar refractivity (Wildman–Crippen MR) is 91.7 cm³/mol. The summed E-state index contributed by atoms with van der Waals surface area (Å²) in [6.45, 7) is 0.141. The van der Waals surface area contributed by atoms with Gasteiger partial charge in [-0.15, -0.1) is 11.3 Å². The quantitative estimate of drug-likeness (QED) is 0.759. The van der Waals surface area contributed by atoms with Gasteiger partial charge in [0.05, 0.1) is 17.7 Å². The number of methoxy groups -OCH3 is 1. The van der Waals surface area contributed by atoms with Gasteiger partial charge in [-0.05, 0) is 41.6 Å². The summed E-state index contributed by atoms with van der Waals surface area (Å²) < 4.78 is 54.6. The summed E-state index contributed by atoms with van der Waals surface area (Å²) in [6.07, 6.45) is 0.343. The summed E-state index contributed by atoms with van der Waals surface area (Å²) in [6, 6.07) is 5.39. The third-order valence-corrected chi connectivity index (χ3v) is 7.59. The van der Waals surface area contributed by atoms with E-state index in [1.807, 2.05) is 0 Å². The predicted octanol–water partition coefficient (Wildman–Crippen LogP) is 0.934. The molecule has 0 atom stereocenters. The first-order chi connectivity index (χ1) is 11.7. The highest BCUT2D eigenvalue weighted by molar-refractivity contribution is 7.93. The van der Waals surface area contributed by atoms with E-state index in [1.54, 1.807) is 0 Å². The molecule has 0 spiro atoms. The minimum atomic E-state index is -3.98. The molecule has 3 rings (SSSR count). The largest absolute Gasteiger partial charge is 0.465 e. The number of benzene rings is 1. The van der Waals surface area contributed by atoms with Gasteiger partial charge < -0.3 is 4.74 Å². The molecule has 2 aromatic rings. The Balaban J connectivity index is 2.06. The number of anilines is 1. The summed E-state index contributed by atoms with van der Waals surface area (Å²) >= 11 is 0.979. The zero-order valence-electron chi connectivity index (χ0n) is 13.0. The van der Waals surface area contributed by atoms with Crippen LogP contribution in [-0.4, -0.2) is 36.5 Å². The molecule has 0 aliphatic carbocycles. The molecule has 0 unspecified atom stereocenters. The summed E-state index contributed by atoms with van der Waals surface area (Å²) in [7, 11) is -6.67. The van der Waals surface area contributed by atoms with E-state index >= 15 is 0 Å². The van der Waals surface area contributed by atoms with Crippen LogP contribution in [0.25, 0.3) is 0 Å². The lowest BCUT2D eigenvalue weighted by atomic mass is 10.2. The number of thiophene rings is 1. The van der Waals surface area contributed by atoms with Crippen molar-refractivity contribution in [1.82, 2.24) is 0 Å². The van der Waals surface area contributed by atoms with Crippen molar-refractivity contribution in [2.75, 3.05) is 18.0 Å². The van der Waals surface area contributed by atoms with Crippen LogP contribution in [0.15, 0.2) is 39.4 Å². The fourth-order valence-corrected chi connectivity index (χ4v) is 6.01. The minimum Gasteiger partial charge on any atom is -0.465 e. The second-order valence-corrected chi connectivity index (χ2v) is 9.58. The van der Waals surface area contributed by atoms with Crippen molar-refractivity contribution in [3.8, 4) is 0 Å². The first-order valence-electron chi connectivity index (χ1n) is 7.00. The molecule has 1 aromatic carbocycles. The lowest BCUT2D eigenvalue weighted by molar-refractivity contribution is 0.0602. The lowest BCUT2D eigenvalue weighted by Crippen LogP contribution is -2.30. The number of ether oxygens (including phenoxy) is 1. The van der Waals surface area contributed by atoms with E-state index in [1.165, 1.54) is 36.8 Å². The summed E-state index contributed by atoms with van der Waals surface area (Å²) in [5, 5.41) is 6.61. The number of carbonyl (C=O) groups is 1. The maximum Gasteiger partial charge on any atom is 0.349 e. The SMILES string of the molecule is COC(=O)c1sccc1S(=O)(=O)N1CCc2cc(S(N)(=O)=O)ccc21. The molecular weight excluding hydrogens is 388 g/mol. The van der Waals surface area contributed by atoms with E-state index in [9.17, 15) is 21.6 Å². The van der Waals surface area contributed by atoms with Crippen molar-refractivity contribution < 1.29 is 26.4 Å². The van der Waals surface area contributed by atoms with Crippen LogP contribution in [0.2, 0.25) is 0 Å². The number of sulfonamides is 2. The molecule has 25 heavy (non-hydrogen) atoms. The molecule has 0 saturated heterocycles. The van der Waals surface area contributed by atoms with Gasteiger partial charge in [-0.3, -0.25) is 4.31 Å².